The lowest BCUT2D eigenvalue weighted by Crippen LogP contribution is -2.37. The van der Waals surface area contributed by atoms with Crippen molar-refractivity contribution in [2.75, 3.05) is 0 Å². The number of para-hydroxylation sites is 2. The van der Waals surface area contributed by atoms with E-state index in [0.29, 0.717) is 20.9 Å². The molecule has 8 nitrogen and oxygen atoms in total. The molecular formula is C26H22N6O2S2. The van der Waals surface area contributed by atoms with Gasteiger partial charge in [-0.2, -0.15) is 4.68 Å². The summed E-state index contributed by atoms with van der Waals surface area (Å²) in [5, 5.41) is 14.0. The van der Waals surface area contributed by atoms with Gasteiger partial charge in [0.2, 0.25) is 5.16 Å². The van der Waals surface area contributed by atoms with E-state index < -0.39 is 0 Å². The van der Waals surface area contributed by atoms with Crippen molar-refractivity contribution in [3.8, 4) is 5.69 Å². The molecule has 1 aliphatic carbocycles. The molecule has 1 saturated carbocycles. The Morgan fingerprint density at radius 3 is 2.53 bits per heavy atom. The minimum absolute atomic E-state index is 0.0137. The molecule has 3 heterocycles. The quantitative estimate of drug-likeness (QED) is 0.294. The van der Waals surface area contributed by atoms with Gasteiger partial charge in [-0.15, -0.1) is 5.10 Å². The number of amides is 1. The summed E-state index contributed by atoms with van der Waals surface area (Å²) in [6.07, 6.45) is 6.08. The molecule has 4 aromatic rings. The highest BCUT2D eigenvalue weighted by Gasteiger charge is 2.39. The lowest BCUT2D eigenvalue weighted by molar-refractivity contribution is -0.123. The Morgan fingerprint density at radius 2 is 1.75 bits per heavy atom. The summed E-state index contributed by atoms with van der Waals surface area (Å²) in [6.45, 7) is 0. The normalized spacial score (nSPS) is 18.7. The van der Waals surface area contributed by atoms with Crippen LogP contribution in [0.25, 0.3) is 11.8 Å². The molecule has 6 rings (SSSR count). The van der Waals surface area contributed by atoms with Crippen molar-refractivity contribution in [2.45, 2.75) is 42.0 Å². The third-order valence-corrected chi connectivity index (χ3v) is 7.86. The Balaban J connectivity index is 1.25. The lowest BCUT2D eigenvalue weighted by atomic mass is 10.2. The van der Waals surface area contributed by atoms with E-state index >= 15 is 0 Å². The predicted molar refractivity (Wildman–Crippen MR) is 140 cm³/mol. The van der Waals surface area contributed by atoms with E-state index in [4.69, 9.17) is 9.41 Å². The highest BCUT2D eigenvalue weighted by Crippen LogP contribution is 2.39. The topological polar surface area (TPSA) is 89.4 Å². The first kappa shape index (κ1) is 22.8. The molecule has 1 aliphatic heterocycles. The second kappa shape index (κ2) is 10.2. The van der Waals surface area contributed by atoms with Crippen LogP contribution in [-0.4, -0.2) is 42.2 Å². The third kappa shape index (κ3) is 4.74. The highest BCUT2D eigenvalue weighted by atomic mass is 32.2. The van der Waals surface area contributed by atoms with Crippen LogP contribution in [0.1, 0.15) is 31.4 Å². The van der Waals surface area contributed by atoms with E-state index in [1.807, 2.05) is 77.7 Å². The molecule has 36 heavy (non-hydrogen) atoms. The minimum Gasteiger partial charge on any atom is -0.450 e. The van der Waals surface area contributed by atoms with Gasteiger partial charge in [0.15, 0.2) is 10.3 Å². The maximum Gasteiger partial charge on any atom is 0.267 e. The Labute approximate surface area is 216 Å². The van der Waals surface area contributed by atoms with Crippen molar-refractivity contribution < 1.29 is 9.21 Å². The fourth-order valence-corrected chi connectivity index (χ4v) is 6.12. The fourth-order valence-electron chi connectivity index (χ4n) is 4.32. The molecule has 0 N–H and O–H groups in total. The van der Waals surface area contributed by atoms with Gasteiger partial charge in [-0.1, -0.05) is 49.2 Å². The molecule has 2 aromatic carbocycles. The van der Waals surface area contributed by atoms with Crippen LogP contribution in [0, 0.1) is 0 Å². The van der Waals surface area contributed by atoms with Gasteiger partial charge in [0, 0.05) is 12.1 Å². The number of nitrogens with zero attached hydrogens (tertiary/aromatic N) is 6. The van der Waals surface area contributed by atoms with Gasteiger partial charge in [-0.05, 0) is 83.2 Å². The molecule has 2 aromatic heterocycles. The zero-order valence-corrected chi connectivity index (χ0v) is 20.9. The van der Waals surface area contributed by atoms with E-state index in [2.05, 4.69) is 15.5 Å². The number of furan rings is 1. The number of carbonyl (C=O) groups excluding carboxylic acids is 1. The molecule has 2 fully saturated rings. The van der Waals surface area contributed by atoms with Gasteiger partial charge in [-0.3, -0.25) is 9.69 Å². The molecule has 0 spiro atoms. The lowest BCUT2D eigenvalue weighted by Gasteiger charge is -2.22. The summed E-state index contributed by atoms with van der Waals surface area (Å²) < 4.78 is 7.69. The van der Waals surface area contributed by atoms with Crippen molar-refractivity contribution in [3.05, 3.63) is 83.5 Å². The number of aromatic nitrogens is 4. The van der Waals surface area contributed by atoms with E-state index in [1.54, 1.807) is 10.8 Å². The first-order valence-corrected chi connectivity index (χ1v) is 13.4. The zero-order valence-electron chi connectivity index (χ0n) is 19.2. The number of benzene rings is 2. The van der Waals surface area contributed by atoms with Crippen LogP contribution in [0.2, 0.25) is 0 Å². The fraction of sp³-hybridized carbons (Fsp3) is 0.192. The number of amidine groups is 1. The van der Waals surface area contributed by atoms with Crippen LogP contribution in [0.5, 0.6) is 0 Å². The van der Waals surface area contributed by atoms with Crippen molar-refractivity contribution in [2.24, 2.45) is 4.99 Å². The average molecular weight is 515 g/mol. The van der Waals surface area contributed by atoms with Crippen LogP contribution in [0.3, 0.4) is 0 Å². The molecular weight excluding hydrogens is 492 g/mol. The molecule has 0 atom stereocenters. The molecule has 0 bridgehead atoms. The molecule has 1 saturated heterocycles. The number of thioether (sulfide) groups is 1. The predicted octanol–water partition coefficient (Wildman–Crippen LogP) is 5.95. The van der Waals surface area contributed by atoms with Crippen LogP contribution >= 0.6 is 23.5 Å². The summed E-state index contributed by atoms with van der Waals surface area (Å²) in [4.78, 5) is 20.7. The van der Waals surface area contributed by atoms with Crippen LogP contribution in [0.15, 0.2) is 97.4 Å². The van der Waals surface area contributed by atoms with Crippen LogP contribution in [-0.2, 0) is 4.79 Å². The Morgan fingerprint density at radius 1 is 1.00 bits per heavy atom. The Hall–Kier alpha value is -3.63. The highest BCUT2D eigenvalue weighted by molar-refractivity contribution is 8.18. The summed E-state index contributed by atoms with van der Waals surface area (Å²) in [6, 6.07) is 23.4. The van der Waals surface area contributed by atoms with Gasteiger partial charge in [0.25, 0.3) is 5.91 Å². The third-order valence-electron chi connectivity index (χ3n) is 6.02. The van der Waals surface area contributed by atoms with Crippen molar-refractivity contribution in [1.29, 1.82) is 0 Å². The number of aliphatic imine (C=N–C) groups is 1. The number of hydrogen-bond donors (Lipinski definition) is 0. The number of rotatable bonds is 6. The maximum absolute atomic E-state index is 13.4. The largest absolute Gasteiger partial charge is 0.450 e. The van der Waals surface area contributed by atoms with Crippen molar-refractivity contribution >= 4 is 46.4 Å². The number of tetrazole rings is 1. The van der Waals surface area contributed by atoms with E-state index in [0.717, 1.165) is 42.2 Å². The molecule has 0 unspecified atom stereocenters. The van der Waals surface area contributed by atoms with Crippen LogP contribution < -0.4 is 0 Å². The standard InChI is InChI=1S/C26H22N6O2S2/c33-24-22(35-25(27-18-9-3-1-4-10-18)31(24)19-11-7-8-12-19)17-21-15-16-23(34-21)36-26-28-29-30-32(26)20-13-5-2-6-14-20/h1-6,9-10,13-17,19H,7-8,11-12H2/b22-17-,27-25?. The molecule has 10 heteroatoms. The maximum atomic E-state index is 13.4. The van der Waals surface area contributed by atoms with E-state index in [9.17, 15) is 4.79 Å². The first-order valence-electron chi connectivity index (χ1n) is 11.7. The average Bonchev–Trinajstić information content (AvgIpc) is 3.71. The Kier molecular flexibility index (Phi) is 6.44. The summed E-state index contributed by atoms with van der Waals surface area (Å²) in [7, 11) is 0. The SMILES string of the molecule is O=C1/C(=C/c2ccc(Sc3nnnn3-c3ccccc3)o2)SC(=Nc2ccccc2)N1C1CCCC1. The number of carbonyl (C=O) groups is 1. The smallest absolute Gasteiger partial charge is 0.267 e. The number of hydrogen-bond acceptors (Lipinski definition) is 8. The molecule has 180 valence electrons. The first-order chi connectivity index (χ1) is 17.7. The molecule has 0 radical (unpaired) electrons. The van der Waals surface area contributed by atoms with Gasteiger partial charge < -0.3 is 4.42 Å². The van der Waals surface area contributed by atoms with Gasteiger partial charge in [-0.25, -0.2) is 4.99 Å². The van der Waals surface area contributed by atoms with Crippen LogP contribution in [0.4, 0.5) is 5.69 Å². The second-order valence-electron chi connectivity index (χ2n) is 8.42. The minimum atomic E-state index is -0.0137. The second-order valence-corrected chi connectivity index (χ2v) is 10.4. The molecule has 2 aliphatic rings. The molecule has 1 amide bonds. The van der Waals surface area contributed by atoms with Crippen molar-refractivity contribution in [3.63, 3.8) is 0 Å². The summed E-state index contributed by atoms with van der Waals surface area (Å²) >= 11 is 2.73. The zero-order chi connectivity index (χ0) is 24.3. The van der Waals surface area contributed by atoms with Gasteiger partial charge in [0.1, 0.15) is 5.76 Å². The van der Waals surface area contributed by atoms with E-state index in [1.165, 1.54) is 23.5 Å². The Bertz CT molecular complexity index is 1420. The monoisotopic (exact) mass is 514 g/mol. The van der Waals surface area contributed by atoms with Gasteiger partial charge >= 0.3 is 0 Å². The summed E-state index contributed by atoms with van der Waals surface area (Å²) in [5.41, 5.74) is 1.70. The van der Waals surface area contributed by atoms with E-state index in [-0.39, 0.29) is 11.9 Å². The summed E-state index contributed by atoms with van der Waals surface area (Å²) in [5.74, 6) is 0.583. The van der Waals surface area contributed by atoms with Gasteiger partial charge in [0.05, 0.1) is 16.3 Å². The van der Waals surface area contributed by atoms with Crippen molar-refractivity contribution in [1.82, 2.24) is 25.1 Å².